The minimum absolute atomic E-state index is 0.173. The largest absolute Gasteiger partial charge is 0.381 e. The Morgan fingerprint density at radius 3 is 0.750 bits per heavy atom. The predicted octanol–water partition coefficient (Wildman–Crippen LogP) is 14.9. The average molecular weight is 986 g/mol. The van der Waals surface area contributed by atoms with Gasteiger partial charge in [-0.25, -0.2) is 0 Å². The summed E-state index contributed by atoms with van der Waals surface area (Å²) in [6, 6.07) is 0. The van der Waals surface area contributed by atoms with Crippen molar-refractivity contribution >= 4 is 0 Å². The van der Waals surface area contributed by atoms with Crippen LogP contribution in [0.25, 0.3) is 0 Å². The Labute approximate surface area is 425 Å². The molecule has 2 atom stereocenters. The molecule has 1 fully saturated rings. The second-order valence-electron chi connectivity index (χ2n) is 18.6. The van der Waals surface area contributed by atoms with E-state index in [1.807, 2.05) is 0 Å². The van der Waals surface area contributed by atoms with Crippen LogP contribution in [0, 0.1) is 5.41 Å². The van der Waals surface area contributed by atoms with Crippen molar-refractivity contribution in [3.05, 3.63) is 0 Å². The molecule has 0 aromatic heterocycles. The molecule has 0 saturated carbocycles. The second-order valence-corrected chi connectivity index (χ2v) is 18.6. The Hall–Kier alpha value is -0.440. The molecule has 11 heteroatoms. The van der Waals surface area contributed by atoms with Crippen LogP contribution in [0.5, 0.6) is 0 Å². The van der Waals surface area contributed by atoms with Crippen molar-refractivity contribution in [2.45, 2.75) is 238 Å². The smallest absolute Gasteiger partial charge is 0.0701 e. The average Bonchev–Trinajstić information content (AvgIpc) is 3.73. The van der Waals surface area contributed by atoms with Crippen LogP contribution in [0.2, 0.25) is 0 Å². The molecule has 0 spiro atoms. The van der Waals surface area contributed by atoms with E-state index in [0.717, 1.165) is 111 Å². The molecule has 0 aromatic rings. The van der Waals surface area contributed by atoms with Gasteiger partial charge in [0.2, 0.25) is 0 Å². The lowest BCUT2D eigenvalue weighted by molar-refractivity contribution is -0.0744. The van der Waals surface area contributed by atoms with Crippen LogP contribution in [0.3, 0.4) is 0 Å². The van der Waals surface area contributed by atoms with Crippen LogP contribution in [0.1, 0.15) is 226 Å². The molecule has 1 saturated heterocycles. The summed E-state index contributed by atoms with van der Waals surface area (Å²) < 4.78 is 59.1. The molecule has 0 N–H and O–H groups in total. The molecular weight excluding hydrogens is 861 g/mol. The number of unbranched alkanes of at least 4 members (excludes halogenated alkanes) is 6. The van der Waals surface area contributed by atoms with E-state index < -0.39 is 0 Å². The van der Waals surface area contributed by atoms with Gasteiger partial charge in [-0.2, -0.15) is 0 Å². The maximum Gasteiger partial charge on any atom is 0.0701 e. The van der Waals surface area contributed by atoms with E-state index in [9.17, 15) is 0 Å². The predicted molar refractivity (Wildman–Crippen MR) is 291 cm³/mol. The van der Waals surface area contributed by atoms with Crippen LogP contribution in [-0.4, -0.2) is 144 Å². The number of ether oxygens (including phenoxy) is 11. The van der Waals surface area contributed by atoms with Crippen LogP contribution in [0.4, 0.5) is 0 Å². The molecule has 1 aliphatic heterocycles. The fraction of sp³-hybridized carbons (Fsp3) is 1.00. The van der Waals surface area contributed by atoms with Crippen molar-refractivity contribution in [1.29, 1.82) is 0 Å². The Kier molecular flexibility index (Phi) is 77.2. The highest BCUT2D eigenvalue weighted by atomic mass is 16.6. The standard InChI is InChI=1S/C13H28O4.C12H24O.C11H24O3.C9H20O2.C7H16O.C5H12/c1-3-5-7-15-9-11-17-13-12-16-10-8-14-6-4-2;1-6-8-12(5)9-7-10(13-12)11(2,3)4;1-3-5-7-13-9-11-14-10-8-12-6-4-2;1-3-5-7-11-9-8-10-6-4-2;1-3-5-7-8-6-4-2;1-3-5-4-2/h3-13H2,1-2H3;10H,6-9H2,1-5H3;3-11H2,1-2H3;3-9H2,1-2H3;3-7H2,1-2H3;3-5H2,1-2H3. The Bertz CT molecular complexity index is 775. The van der Waals surface area contributed by atoms with E-state index in [2.05, 4.69) is 104 Å². The van der Waals surface area contributed by atoms with Gasteiger partial charge in [0.25, 0.3) is 0 Å². The summed E-state index contributed by atoms with van der Waals surface area (Å²) in [4.78, 5) is 0. The van der Waals surface area contributed by atoms with Crippen molar-refractivity contribution in [1.82, 2.24) is 0 Å². The van der Waals surface area contributed by atoms with Gasteiger partial charge in [-0.15, -0.1) is 0 Å². The van der Waals surface area contributed by atoms with E-state index in [0.29, 0.717) is 77.6 Å². The van der Waals surface area contributed by atoms with E-state index in [-0.39, 0.29) is 5.60 Å². The normalized spacial score (nSPS) is 15.1. The first-order valence-corrected chi connectivity index (χ1v) is 28.4. The molecule has 0 amide bonds. The molecule has 2 unspecified atom stereocenters. The van der Waals surface area contributed by atoms with Crippen LogP contribution >= 0.6 is 0 Å². The van der Waals surface area contributed by atoms with E-state index in [4.69, 9.17) is 52.1 Å². The molecule has 1 heterocycles. The first kappa shape index (κ1) is 76.5. The summed E-state index contributed by atoms with van der Waals surface area (Å²) in [6.45, 7) is 48.0. The third kappa shape index (κ3) is 74.5. The van der Waals surface area contributed by atoms with Gasteiger partial charge in [0.15, 0.2) is 0 Å². The quantitative estimate of drug-likeness (QED) is 0.0547. The summed E-state index contributed by atoms with van der Waals surface area (Å²) in [5.41, 5.74) is 0.484. The summed E-state index contributed by atoms with van der Waals surface area (Å²) in [5.74, 6) is 0. The number of hydrogen-bond donors (Lipinski definition) is 0. The Morgan fingerprint density at radius 1 is 0.324 bits per heavy atom. The first-order chi connectivity index (χ1) is 32.9. The molecule has 0 aromatic carbocycles. The van der Waals surface area contributed by atoms with Crippen molar-refractivity contribution in [2.75, 3.05) is 132 Å². The monoisotopic (exact) mass is 985 g/mol. The van der Waals surface area contributed by atoms with Crippen LogP contribution in [0.15, 0.2) is 0 Å². The summed E-state index contributed by atoms with van der Waals surface area (Å²) in [7, 11) is 0. The fourth-order valence-electron chi connectivity index (χ4n) is 5.86. The molecule has 68 heavy (non-hydrogen) atoms. The van der Waals surface area contributed by atoms with Crippen LogP contribution in [-0.2, 0) is 52.1 Å². The second kappa shape index (κ2) is 68.6. The topological polar surface area (TPSA) is 102 Å². The SMILES string of the molecule is CCCC1(C)CCC(C(C)(C)C)O1.CCCCC.CCCCOCCC.CCCCOCCOCCC.CCCCOCCOCCOCCC.CCCCOCCOCCOCCOCCC. The van der Waals surface area contributed by atoms with Gasteiger partial charge in [0.1, 0.15) is 0 Å². The third-order valence-corrected chi connectivity index (χ3v) is 10.0. The van der Waals surface area contributed by atoms with E-state index in [1.165, 1.54) is 77.0 Å². The third-order valence-electron chi connectivity index (χ3n) is 10.0. The van der Waals surface area contributed by atoms with Gasteiger partial charge < -0.3 is 52.1 Å². The highest BCUT2D eigenvalue weighted by Gasteiger charge is 2.40. The molecule has 0 aliphatic carbocycles. The highest BCUT2D eigenvalue weighted by molar-refractivity contribution is 4.89. The molecule has 0 bridgehead atoms. The highest BCUT2D eigenvalue weighted by Crippen LogP contribution is 2.40. The van der Waals surface area contributed by atoms with E-state index in [1.54, 1.807) is 0 Å². The maximum atomic E-state index is 6.15. The molecule has 11 nitrogen and oxygen atoms in total. The zero-order valence-electron chi connectivity index (χ0n) is 48.6. The summed E-state index contributed by atoms with van der Waals surface area (Å²) in [5, 5.41) is 0. The van der Waals surface area contributed by atoms with Crippen molar-refractivity contribution in [2.24, 2.45) is 5.41 Å². The maximum absolute atomic E-state index is 6.15. The first-order valence-electron chi connectivity index (χ1n) is 28.4. The Balaban J connectivity index is -0.000000241. The Morgan fingerprint density at radius 2 is 0.559 bits per heavy atom. The van der Waals surface area contributed by atoms with Crippen LogP contribution < -0.4 is 0 Å². The molecule has 1 aliphatic rings. The molecule has 0 radical (unpaired) electrons. The van der Waals surface area contributed by atoms with Crippen molar-refractivity contribution in [3.8, 4) is 0 Å². The minimum Gasteiger partial charge on any atom is -0.381 e. The van der Waals surface area contributed by atoms with Gasteiger partial charge in [-0.05, 0) is 83.0 Å². The van der Waals surface area contributed by atoms with Gasteiger partial charge in [0.05, 0.1) is 91.0 Å². The van der Waals surface area contributed by atoms with Gasteiger partial charge in [0, 0.05) is 52.9 Å². The summed E-state index contributed by atoms with van der Waals surface area (Å²) >= 11 is 0. The van der Waals surface area contributed by atoms with Crippen molar-refractivity contribution in [3.63, 3.8) is 0 Å². The van der Waals surface area contributed by atoms with Gasteiger partial charge >= 0.3 is 0 Å². The number of hydrogen-bond acceptors (Lipinski definition) is 11. The lowest BCUT2D eigenvalue weighted by atomic mass is 9.87. The zero-order chi connectivity index (χ0) is 51.9. The lowest BCUT2D eigenvalue weighted by Crippen LogP contribution is -2.31. The van der Waals surface area contributed by atoms with Gasteiger partial charge in [-0.1, -0.05) is 148 Å². The minimum atomic E-state index is 0.173. The van der Waals surface area contributed by atoms with E-state index >= 15 is 0 Å². The lowest BCUT2D eigenvalue weighted by Gasteiger charge is -2.30. The van der Waals surface area contributed by atoms with Gasteiger partial charge in [-0.3, -0.25) is 0 Å². The molecular formula is C57H124O11. The molecule has 1 rings (SSSR count). The fourth-order valence-corrected chi connectivity index (χ4v) is 5.86. The van der Waals surface area contributed by atoms with Crippen molar-refractivity contribution < 1.29 is 52.1 Å². The summed E-state index contributed by atoms with van der Waals surface area (Å²) in [6.07, 6.45) is 23.3. The zero-order valence-corrected chi connectivity index (χ0v) is 48.6. The number of rotatable bonds is 42. The molecule has 418 valence electrons.